The maximum absolute atomic E-state index is 5.81. The number of aryl methyl sites for hydroxylation is 1. The molecule has 0 fully saturated rings. The summed E-state index contributed by atoms with van der Waals surface area (Å²) < 4.78 is 7.66. The quantitative estimate of drug-likeness (QED) is 0.688. The van der Waals surface area contributed by atoms with E-state index in [1.165, 1.54) is 0 Å². The zero-order valence-corrected chi connectivity index (χ0v) is 15.8. The lowest BCUT2D eigenvalue weighted by atomic mass is 10.1. The number of para-hydroxylation sites is 1. The highest BCUT2D eigenvalue weighted by Gasteiger charge is 2.28. The molecule has 26 heavy (non-hydrogen) atoms. The molecule has 0 saturated heterocycles. The number of hydrogen-bond donors (Lipinski definition) is 0. The molecule has 1 aromatic heterocycles. The minimum atomic E-state index is 0.165. The molecule has 6 heteroatoms. The van der Waals surface area contributed by atoms with Gasteiger partial charge in [-0.25, -0.2) is 0 Å². The lowest BCUT2D eigenvalue weighted by Gasteiger charge is -2.21. The van der Waals surface area contributed by atoms with Crippen molar-refractivity contribution in [1.29, 1.82) is 0 Å². The average Bonchev–Trinajstić information content (AvgIpc) is 3.05. The molecule has 0 radical (unpaired) electrons. The Morgan fingerprint density at radius 3 is 2.54 bits per heavy atom. The van der Waals surface area contributed by atoms with Gasteiger partial charge in [0, 0.05) is 11.1 Å². The second-order valence-electron chi connectivity index (χ2n) is 6.11. The van der Waals surface area contributed by atoms with Gasteiger partial charge in [-0.2, -0.15) is 9.78 Å². The second kappa shape index (κ2) is 6.96. The number of hydrogen-bond acceptors (Lipinski definition) is 5. The first-order valence-corrected chi connectivity index (χ1v) is 9.56. The lowest BCUT2D eigenvalue weighted by Crippen LogP contribution is -2.22. The number of aromatic nitrogens is 3. The van der Waals surface area contributed by atoms with Crippen molar-refractivity contribution in [3.63, 3.8) is 0 Å². The van der Waals surface area contributed by atoms with Crippen LogP contribution in [0.2, 0.25) is 0 Å². The van der Waals surface area contributed by atoms with Gasteiger partial charge in [0.1, 0.15) is 5.75 Å². The molecule has 0 spiro atoms. The average molecular weight is 364 g/mol. The number of fused-ring (bicyclic) bond motifs is 1. The number of ether oxygens (including phenoxy) is 1. The van der Waals surface area contributed by atoms with E-state index < -0.39 is 0 Å². The first kappa shape index (κ1) is 16.8. The molecule has 2 heterocycles. The Morgan fingerprint density at radius 2 is 1.77 bits per heavy atom. The number of thioether (sulfide) groups is 1. The molecule has 0 N–H and O–H groups in total. The van der Waals surface area contributed by atoms with Gasteiger partial charge in [0.2, 0.25) is 5.16 Å². The summed E-state index contributed by atoms with van der Waals surface area (Å²) in [5.74, 6) is 1.62. The van der Waals surface area contributed by atoms with Crippen LogP contribution in [0.1, 0.15) is 25.0 Å². The Bertz CT molecular complexity index is 979. The molecule has 5 nitrogen and oxygen atoms in total. The molecule has 0 amide bonds. The van der Waals surface area contributed by atoms with Gasteiger partial charge in [-0.3, -0.25) is 0 Å². The topological polar surface area (TPSA) is 52.3 Å². The van der Waals surface area contributed by atoms with Crippen LogP contribution in [-0.2, 0) is 0 Å². The van der Waals surface area contributed by atoms with Crippen molar-refractivity contribution < 1.29 is 4.74 Å². The summed E-state index contributed by atoms with van der Waals surface area (Å²) in [5.41, 5.74) is 4.19. The van der Waals surface area contributed by atoms with Crippen LogP contribution in [0.25, 0.3) is 11.4 Å². The van der Waals surface area contributed by atoms with Crippen molar-refractivity contribution in [3.8, 4) is 17.1 Å². The Kier molecular flexibility index (Phi) is 4.51. The van der Waals surface area contributed by atoms with E-state index in [4.69, 9.17) is 9.84 Å². The third kappa shape index (κ3) is 2.90. The molecular weight excluding hydrogens is 344 g/mol. The number of rotatable bonds is 4. The summed E-state index contributed by atoms with van der Waals surface area (Å²) in [4.78, 5) is 0. The van der Waals surface area contributed by atoms with Gasteiger partial charge < -0.3 is 4.74 Å². The van der Waals surface area contributed by atoms with Crippen molar-refractivity contribution in [2.45, 2.75) is 31.2 Å². The fourth-order valence-electron chi connectivity index (χ4n) is 3.06. The van der Waals surface area contributed by atoms with Crippen LogP contribution in [-0.4, -0.2) is 32.4 Å². The Morgan fingerprint density at radius 1 is 1.04 bits per heavy atom. The highest BCUT2D eigenvalue weighted by molar-refractivity contribution is 8.00. The molecule has 2 aromatic carbocycles. The van der Waals surface area contributed by atoms with E-state index in [1.54, 1.807) is 11.8 Å². The Labute approximate surface area is 157 Å². The van der Waals surface area contributed by atoms with Crippen LogP contribution in [0, 0.1) is 6.92 Å². The molecule has 4 rings (SSSR count). The minimum Gasteiger partial charge on any atom is -0.493 e. The highest BCUT2D eigenvalue weighted by Crippen LogP contribution is 2.35. The van der Waals surface area contributed by atoms with E-state index in [2.05, 4.69) is 42.2 Å². The fraction of sp³-hybridized carbons (Fsp3) is 0.250. The van der Waals surface area contributed by atoms with Gasteiger partial charge in [-0.15, -0.1) is 10.2 Å². The van der Waals surface area contributed by atoms with Crippen molar-refractivity contribution in [3.05, 3.63) is 59.7 Å². The molecular formula is C20H20N4OS. The van der Waals surface area contributed by atoms with E-state index in [9.17, 15) is 0 Å². The summed E-state index contributed by atoms with van der Waals surface area (Å²) in [6, 6.07) is 16.2. The van der Waals surface area contributed by atoms with Gasteiger partial charge >= 0.3 is 0 Å². The summed E-state index contributed by atoms with van der Waals surface area (Å²) in [7, 11) is 0. The van der Waals surface area contributed by atoms with Crippen molar-refractivity contribution in [2.24, 2.45) is 5.10 Å². The van der Waals surface area contributed by atoms with E-state index in [-0.39, 0.29) is 5.25 Å². The highest BCUT2D eigenvalue weighted by atomic mass is 32.2. The first-order valence-electron chi connectivity index (χ1n) is 8.68. The molecule has 0 bridgehead atoms. The van der Waals surface area contributed by atoms with E-state index in [0.29, 0.717) is 6.61 Å². The van der Waals surface area contributed by atoms with E-state index >= 15 is 0 Å². The predicted octanol–water partition coefficient (Wildman–Crippen LogP) is 4.40. The Balaban J connectivity index is 1.85. The summed E-state index contributed by atoms with van der Waals surface area (Å²) in [6.07, 6.45) is 0. The largest absolute Gasteiger partial charge is 0.493 e. The van der Waals surface area contributed by atoms with E-state index in [0.717, 1.165) is 39.1 Å². The third-order valence-electron chi connectivity index (χ3n) is 4.34. The molecule has 1 aliphatic heterocycles. The molecule has 1 aliphatic rings. The van der Waals surface area contributed by atoms with Crippen molar-refractivity contribution in [2.75, 3.05) is 6.61 Å². The number of nitrogens with zero attached hydrogens (tertiary/aromatic N) is 4. The third-order valence-corrected chi connectivity index (χ3v) is 5.38. The van der Waals surface area contributed by atoms with E-state index in [1.807, 2.05) is 41.9 Å². The standard InChI is InChI=1S/C20H20N4OS/c1-4-25-17-12-8-7-11-16(17)18-14(3)26-20-22-21-19(24(20)23-18)15-10-6-5-9-13(15)2/h5-12,14H,4H2,1-3H3/t14-/m1/s1. The van der Waals surface area contributed by atoms with Crippen molar-refractivity contribution in [1.82, 2.24) is 14.9 Å². The zero-order chi connectivity index (χ0) is 18.1. The lowest BCUT2D eigenvalue weighted by molar-refractivity contribution is 0.339. The maximum Gasteiger partial charge on any atom is 0.213 e. The zero-order valence-electron chi connectivity index (χ0n) is 15.0. The summed E-state index contributed by atoms with van der Waals surface area (Å²) in [6.45, 7) is 6.83. The SMILES string of the molecule is CCOc1ccccc1C1=Nn2c(nnc2-c2ccccc2C)S[C@@H]1C. The first-order chi connectivity index (χ1) is 12.7. The fourth-order valence-corrected chi connectivity index (χ4v) is 3.97. The van der Waals surface area contributed by atoms with Crippen LogP contribution in [0.4, 0.5) is 0 Å². The molecule has 3 aromatic rings. The molecule has 1 atom stereocenters. The molecule has 0 unspecified atom stereocenters. The molecule has 132 valence electrons. The predicted molar refractivity (Wildman–Crippen MR) is 105 cm³/mol. The smallest absolute Gasteiger partial charge is 0.213 e. The second-order valence-corrected chi connectivity index (χ2v) is 7.42. The van der Waals surface area contributed by atoms with Crippen LogP contribution >= 0.6 is 11.8 Å². The normalized spacial score (nSPS) is 16.1. The molecule has 0 aliphatic carbocycles. The van der Waals surface area contributed by atoms with Crippen LogP contribution in [0.3, 0.4) is 0 Å². The van der Waals surface area contributed by atoms with Crippen LogP contribution in [0.15, 0.2) is 58.8 Å². The van der Waals surface area contributed by atoms with Crippen molar-refractivity contribution >= 4 is 17.5 Å². The molecule has 0 saturated carbocycles. The van der Waals surface area contributed by atoms with Gasteiger partial charge in [0.15, 0.2) is 5.82 Å². The minimum absolute atomic E-state index is 0.165. The number of benzene rings is 2. The maximum atomic E-state index is 5.81. The van der Waals surface area contributed by atoms with Gasteiger partial charge in [0.25, 0.3) is 0 Å². The summed E-state index contributed by atoms with van der Waals surface area (Å²) in [5, 5.41) is 14.7. The Hall–Kier alpha value is -2.60. The monoisotopic (exact) mass is 364 g/mol. The summed E-state index contributed by atoms with van der Waals surface area (Å²) >= 11 is 1.67. The van der Waals surface area contributed by atoms with Gasteiger partial charge in [-0.05, 0) is 38.5 Å². The van der Waals surface area contributed by atoms with Gasteiger partial charge in [-0.1, -0.05) is 48.2 Å². The van der Waals surface area contributed by atoms with Crippen LogP contribution in [0.5, 0.6) is 5.75 Å². The van der Waals surface area contributed by atoms with Gasteiger partial charge in [0.05, 0.1) is 17.6 Å². The van der Waals surface area contributed by atoms with Crippen LogP contribution < -0.4 is 4.74 Å².